The molecule has 1 aliphatic carbocycles. The smallest absolute Gasteiger partial charge is 0.248 e. The Labute approximate surface area is 227 Å². The molecule has 0 radical (unpaired) electrons. The van der Waals surface area contributed by atoms with Crippen molar-refractivity contribution in [3.8, 4) is 0 Å². The Morgan fingerprint density at radius 2 is 1.74 bits per heavy atom. The predicted molar refractivity (Wildman–Crippen MR) is 146 cm³/mol. The van der Waals surface area contributed by atoms with E-state index in [2.05, 4.69) is 21.9 Å². The summed E-state index contributed by atoms with van der Waals surface area (Å²) in [5.41, 5.74) is -0.875. The first kappa shape index (κ1) is 29.0. The minimum atomic E-state index is -3.52. The summed E-state index contributed by atoms with van der Waals surface area (Å²) in [5, 5.41) is 14.0. The molecule has 0 aromatic heterocycles. The van der Waals surface area contributed by atoms with Gasteiger partial charge >= 0.3 is 0 Å². The van der Waals surface area contributed by atoms with Crippen molar-refractivity contribution in [1.82, 2.24) is 19.8 Å². The molecule has 10 heteroatoms. The number of piperazine rings is 1. The molecule has 0 bridgehead atoms. The largest absolute Gasteiger partial charge is 0.390 e. The van der Waals surface area contributed by atoms with Gasteiger partial charge in [-0.15, -0.1) is 0 Å². The summed E-state index contributed by atoms with van der Waals surface area (Å²) >= 11 is 0. The molecular weight excluding hydrogens is 504 g/mol. The van der Waals surface area contributed by atoms with Crippen LogP contribution in [0.25, 0.3) is 0 Å². The van der Waals surface area contributed by atoms with Gasteiger partial charge in [-0.25, -0.2) is 13.1 Å². The minimum Gasteiger partial charge on any atom is -0.390 e. The highest BCUT2D eigenvalue weighted by Gasteiger charge is 2.55. The molecule has 38 heavy (non-hydrogen) atoms. The number of unbranched alkanes of at least 4 members (excludes halogenated alkanes) is 1. The maximum absolute atomic E-state index is 13.7. The summed E-state index contributed by atoms with van der Waals surface area (Å²) in [6.45, 7) is 4.96. The zero-order valence-electron chi connectivity index (χ0n) is 22.6. The highest BCUT2D eigenvalue weighted by Crippen LogP contribution is 2.36. The number of likely N-dealkylation sites (tertiary alicyclic amines) is 1. The molecule has 2 saturated heterocycles. The number of amides is 2. The van der Waals surface area contributed by atoms with E-state index >= 15 is 0 Å². The number of rotatable bonds is 11. The Balaban J connectivity index is 1.33. The number of carbonyl (C=O) groups excluding carboxylic acids is 2. The summed E-state index contributed by atoms with van der Waals surface area (Å²) in [5.74, 6) is -0.218. The zero-order chi connectivity index (χ0) is 27.2. The van der Waals surface area contributed by atoms with Crippen LogP contribution in [0.2, 0.25) is 0 Å². The van der Waals surface area contributed by atoms with Crippen LogP contribution in [0.5, 0.6) is 0 Å². The van der Waals surface area contributed by atoms with Gasteiger partial charge in [0.2, 0.25) is 21.8 Å². The molecule has 1 saturated carbocycles. The van der Waals surface area contributed by atoms with E-state index in [-0.39, 0.29) is 22.6 Å². The third kappa shape index (κ3) is 6.41. The first-order chi connectivity index (χ1) is 18.3. The number of piperidine rings is 1. The summed E-state index contributed by atoms with van der Waals surface area (Å²) < 4.78 is 27.5. The highest BCUT2D eigenvalue weighted by atomic mass is 32.2. The predicted octanol–water partition coefficient (Wildman–Crippen LogP) is 2.26. The van der Waals surface area contributed by atoms with Gasteiger partial charge in [-0.2, -0.15) is 0 Å². The molecule has 1 aromatic carbocycles. The van der Waals surface area contributed by atoms with Gasteiger partial charge in [-0.05, 0) is 63.1 Å². The van der Waals surface area contributed by atoms with Crippen molar-refractivity contribution >= 4 is 21.8 Å². The third-order valence-corrected chi connectivity index (χ3v) is 10.1. The summed E-state index contributed by atoms with van der Waals surface area (Å²) in [6.07, 6.45) is 7.71. The first-order valence-corrected chi connectivity index (χ1v) is 15.8. The number of sulfonamides is 1. The van der Waals surface area contributed by atoms with E-state index in [1.165, 1.54) is 0 Å². The number of nitrogens with zero attached hydrogens (tertiary/aromatic N) is 2. The van der Waals surface area contributed by atoms with Crippen molar-refractivity contribution in [2.75, 3.05) is 32.7 Å². The van der Waals surface area contributed by atoms with Gasteiger partial charge in [-0.3, -0.25) is 9.59 Å². The van der Waals surface area contributed by atoms with E-state index in [1.54, 1.807) is 35.2 Å². The lowest BCUT2D eigenvalue weighted by Gasteiger charge is -2.52. The quantitative estimate of drug-likeness (QED) is 0.365. The van der Waals surface area contributed by atoms with E-state index in [9.17, 15) is 23.1 Å². The average Bonchev–Trinajstić information content (AvgIpc) is 2.94. The minimum absolute atomic E-state index is 0.0567. The van der Waals surface area contributed by atoms with Crippen molar-refractivity contribution in [3.63, 3.8) is 0 Å². The fourth-order valence-corrected chi connectivity index (χ4v) is 7.39. The molecule has 2 amide bonds. The Morgan fingerprint density at radius 1 is 1.05 bits per heavy atom. The molecule has 3 fully saturated rings. The van der Waals surface area contributed by atoms with Crippen LogP contribution in [0.15, 0.2) is 35.2 Å². The molecule has 1 spiro atoms. The average molecular weight is 549 g/mol. The lowest BCUT2D eigenvalue weighted by atomic mass is 9.78. The summed E-state index contributed by atoms with van der Waals surface area (Å²) in [4.78, 5) is 31.6. The molecule has 4 rings (SSSR count). The van der Waals surface area contributed by atoms with Crippen molar-refractivity contribution in [1.29, 1.82) is 0 Å². The Hall–Kier alpha value is -2.01. The molecular formula is C28H44N4O5S. The van der Waals surface area contributed by atoms with Gasteiger partial charge in [0.15, 0.2) is 0 Å². The van der Waals surface area contributed by atoms with Gasteiger partial charge in [0.1, 0.15) is 11.6 Å². The molecule has 1 aromatic rings. The van der Waals surface area contributed by atoms with Crippen LogP contribution in [-0.2, 0) is 19.6 Å². The van der Waals surface area contributed by atoms with E-state index in [0.717, 1.165) is 44.9 Å². The molecule has 0 unspecified atom stereocenters. The lowest BCUT2D eigenvalue weighted by molar-refractivity contribution is -0.165. The Bertz CT molecular complexity index is 1040. The fourth-order valence-electron chi connectivity index (χ4n) is 6.29. The number of aliphatic hydroxyl groups is 1. The topological polar surface area (TPSA) is 119 Å². The Kier molecular flexibility index (Phi) is 9.84. The zero-order valence-corrected chi connectivity index (χ0v) is 23.4. The van der Waals surface area contributed by atoms with E-state index in [4.69, 9.17) is 0 Å². The second-order valence-corrected chi connectivity index (χ2v) is 12.9. The molecule has 9 nitrogen and oxygen atoms in total. The van der Waals surface area contributed by atoms with Crippen LogP contribution in [0.3, 0.4) is 0 Å². The lowest BCUT2D eigenvalue weighted by Crippen LogP contribution is -2.75. The maximum atomic E-state index is 13.7. The number of hydrogen-bond donors (Lipinski definition) is 3. The van der Waals surface area contributed by atoms with Crippen LogP contribution in [-0.4, -0.2) is 85.5 Å². The molecule has 3 N–H and O–H groups in total. The van der Waals surface area contributed by atoms with E-state index in [1.807, 2.05) is 0 Å². The number of aliphatic hydroxyl groups excluding tert-OH is 1. The Morgan fingerprint density at radius 3 is 2.39 bits per heavy atom. The van der Waals surface area contributed by atoms with Gasteiger partial charge < -0.3 is 20.2 Å². The molecule has 2 heterocycles. The van der Waals surface area contributed by atoms with Gasteiger partial charge in [0, 0.05) is 26.2 Å². The second kappa shape index (κ2) is 12.9. The van der Waals surface area contributed by atoms with Crippen molar-refractivity contribution < 1.29 is 23.1 Å². The normalized spacial score (nSPS) is 23.9. The molecule has 2 atom stereocenters. The van der Waals surface area contributed by atoms with Crippen LogP contribution < -0.4 is 10.0 Å². The fraction of sp³-hybridized carbons (Fsp3) is 0.714. The van der Waals surface area contributed by atoms with Crippen LogP contribution in [0.1, 0.15) is 71.1 Å². The second-order valence-electron chi connectivity index (χ2n) is 11.1. The number of carbonyl (C=O) groups is 2. The van der Waals surface area contributed by atoms with Gasteiger partial charge in [0.25, 0.3) is 0 Å². The standard InChI is InChI=1S/C28H44N4O5S/c1-2-3-19-32-26(34)24(25(33)22-11-6-4-7-12-22)30-27(35)28(32)15-20-31(21-16-28)18-10-17-29-38(36,37)23-13-8-5-9-14-23/h5,8-9,13-14,22,24-25,29,33H,2-4,6-7,10-12,15-21H2,1H3,(H,30,35)/t24-,25-/m1/s1. The molecule has 212 valence electrons. The first-order valence-electron chi connectivity index (χ1n) is 14.4. The van der Waals surface area contributed by atoms with Crippen molar-refractivity contribution in [3.05, 3.63) is 30.3 Å². The van der Waals surface area contributed by atoms with Crippen LogP contribution in [0, 0.1) is 5.92 Å². The van der Waals surface area contributed by atoms with Crippen LogP contribution in [0.4, 0.5) is 0 Å². The number of hydrogen-bond acceptors (Lipinski definition) is 6. The monoisotopic (exact) mass is 548 g/mol. The van der Waals surface area contributed by atoms with Gasteiger partial charge in [0.05, 0.1) is 11.0 Å². The summed E-state index contributed by atoms with van der Waals surface area (Å²) in [6, 6.07) is 7.48. The SMILES string of the molecule is CCCCN1C(=O)[C@@H]([C@H](O)C2CCCCC2)NC(=O)C12CCN(CCCNS(=O)(=O)c1ccccc1)CC2. The van der Waals surface area contributed by atoms with Crippen molar-refractivity contribution in [2.45, 2.75) is 93.7 Å². The van der Waals surface area contributed by atoms with Gasteiger partial charge in [-0.1, -0.05) is 50.8 Å². The third-order valence-electron chi connectivity index (χ3n) is 8.65. The molecule has 2 aliphatic heterocycles. The number of benzene rings is 1. The summed E-state index contributed by atoms with van der Waals surface area (Å²) in [7, 11) is -3.52. The van der Waals surface area contributed by atoms with Crippen LogP contribution >= 0.6 is 0 Å². The van der Waals surface area contributed by atoms with E-state index in [0.29, 0.717) is 52.0 Å². The molecule has 3 aliphatic rings. The number of nitrogens with one attached hydrogen (secondary N) is 2. The van der Waals surface area contributed by atoms with E-state index < -0.39 is 27.7 Å². The highest BCUT2D eigenvalue weighted by molar-refractivity contribution is 7.89. The van der Waals surface area contributed by atoms with Crippen molar-refractivity contribution in [2.24, 2.45) is 5.92 Å². The maximum Gasteiger partial charge on any atom is 0.248 e.